The van der Waals surface area contributed by atoms with Gasteiger partial charge in [0.1, 0.15) is 12.2 Å². The maximum absolute atomic E-state index is 10.3. The van der Waals surface area contributed by atoms with Crippen LogP contribution in [0.5, 0.6) is 0 Å². The van der Waals surface area contributed by atoms with Crippen molar-refractivity contribution in [1.82, 2.24) is 0 Å². The highest BCUT2D eigenvalue weighted by Gasteiger charge is 2.07. The van der Waals surface area contributed by atoms with Crippen LogP contribution in [-0.4, -0.2) is 33.5 Å². The number of aliphatic hydroxyl groups excluding tert-OH is 2. The molecule has 0 spiro atoms. The van der Waals surface area contributed by atoms with E-state index in [2.05, 4.69) is 13.0 Å². The zero-order valence-electron chi connectivity index (χ0n) is 14.4. The van der Waals surface area contributed by atoms with Gasteiger partial charge in [0.25, 0.3) is 0 Å². The summed E-state index contributed by atoms with van der Waals surface area (Å²) in [6.45, 7) is 2.06. The van der Waals surface area contributed by atoms with E-state index < -0.39 is 18.2 Å². The summed E-state index contributed by atoms with van der Waals surface area (Å²) in [5.74, 6) is -0.763. The zero-order chi connectivity index (χ0) is 18.0. The Hall–Kier alpha value is -1.91. The first kappa shape index (κ1) is 22.1. The number of hydrogen-bond acceptors (Lipinski definition) is 3. The average molecular weight is 334 g/mol. The van der Waals surface area contributed by atoms with E-state index in [0.29, 0.717) is 6.42 Å². The Morgan fingerprint density at radius 1 is 0.875 bits per heavy atom. The van der Waals surface area contributed by atoms with Crippen LogP contribution in [0.2, 0.25) is 0 Å². The molecular weight excluding hydrogens is 304 g/mol. The molecule has 0 aromatic carbocycles. The van der Waals surface area contributed by atoms with Crippen LogP contribution >= 0.6 is 0 Å². The molecule has 0 aromatic heterocycles. The Morgan fingerprint density at radius 3 is 2.25 bits per heavy atom. The Bertz CT molecular complexity index is 458. The Labute approximate surface area is 145 Å². The van der Waals surface area contributed by atoms with Gasteiger partial charge < -0.3 is 15.3 Å². The minimum atomic E-state index is -0.924. The van der Waals surface area contributed by atoms with Crippen LogP contribution < -0.4 is 0 Å². The SMILES string of the molecule is CC/C=C\C/C=C\[C@@H](O)[C@H](O)/C=C/C=C\C/C=C\CCCC(=O)O. The van der Waals surface area contributed by atoms with Gasteiger partial charge in [0.2, 0.25) is 0 Å². The first-order valence-corrected chi connectivity index (χ1v) is 8.45. The van der Waals surface area contributed by atoms with E-state index in [0.717, 1.165) is 25.7 Å². The molecule has 0 aromatic rings. The fraction of sp³-hybridized carbons (Fsp3) is 0.450. The summed E-state index contributed by atoms with van der Waals surface area (Å²) in [7, 11) is 0. The normalized spacial score (nSPS) is 15.5. The van der Waals surface area contributed by atoms with Gasteiger partial charge in [0.15, 0.2) is 0 Å². The molecule has 0 saturated carbocycles. The minimum absolute atomic E-state index is 0.201. The quantitative estimate of drug-likeness (QED) is 0.271. The molecule has 0 bridgehead atoms. The molecule has 24 heavy (non-hydrogen) atoms. The van der Waals surface area contributed by atoms with Gasteiger partial charge in [0, 0.05) is 6.42 Å². The van der Waals surface area contributed by atoms with Crippen molar-refractivity contribution in [2.45, 2.75) is 57.7 Å². The van der Waals surface area contributed by atoms with Gasteiger partial charge in [-0.15, -0.1) is 0 Å². The molecule has 2 atom stereocenters. The third-order valence-corrected chi connectivity index (χ3v) is 3.11. The molecule has 0 unspecified atom stereocenters. The number of rotatable bonds is 13. The minimum Gasteiger partial charge on any atom is -0.481 e. The van der Waals surface area contributed by atoms with Crippen molar-refractivity contribution >= 4 is 5.97 Å². The summed E-state index contributed by atoms with van der Waals surface area (Å²) in [5, 5.41) is 28.0. The van der Waals surface area contributed by atoms with Crippen molar-refractivity contribution in [1.29, 1.82) is 0 Å². The average Bonchev–Trinajstić information content (AvgIpc) is 2.55. The second-order valence-electron chi connectivity index (χ2n) is 5.33. The summed E-state index contributed by atoms with van der Waals surface area (Å²) in [4.78, 5) is 10.3. The van der Waals surface area contributed by atoms with Crippen LogP contribution in [0.25, 0.3) is 0 Å². The van der Waals surface area contributed by atoms with E-state index in [1.807, 2.05) is 36.5 Å². The molecule has 0 saturated heterocycles. The predicted molar refractivity (Wildman–Crippen MR) is 98.7 cm³/mol. The highest BCUT2D eigenvalue weighted by molar-refractivity contribution is 5.66. The van der Waals surface area contributed by atoms with Crippen molar-refractivity contribution in [2.75, 3.05) is 0 Å². The van der Waals surface area contributed by atoms with E-state index in [1.54, 1.807) is 18.2 Å². The monoisotopic (exact) mass is 334 g/mol. The lowest BCUT2D eigenvalue weighted by Crippen LogP contribution is -2.20. The number of carboxylic acids is 1. The van der Waals surface area contributed by atoms with Crippen LogP contribution in [0.3, 0.4) is 0 Å². The Morgan fingerprint density at radius 2 is 1.54 bits per heavy atom. The summed E-state index contributed by atoms with van der Waals surface area (Å²) in [5.41, 5.74) is 0. The van der Waals surface area contributed by atoms with Crippen molar-refractivity contribution in [3.63, 3.8) is 0 Å². The summed E-state index contributed by atoms with van der Waals surface area (Å²) < 4.78 is 0. The number of allylic oxidation sites excluding steroid dienone is 8. The number of hydrogen-bond donors (Lipinski definition) is 3. The smallest absolute Gasteiger partial charge is 0.303 e. The van der Waals surface area contributed by atoms with Gasteiger partial charge in [-0.05, 0) is 32.1 Å². The molecule has 4 heteroatoms. The standard InChI is InChI=1S/C20H30O4/c1-2-3-4-9-12-15-18(21)19(22)16-13-10-7-5-6-8-11-14-17-20(23)24/h3-4,6-8,10,12-13,15-16,18-19,21-22H,2,5,9,11,14,17H2,1H3,(H,23,24)/b4-3-,8-6-,10-7-,15-12-,16-13+/t18-,19-/m1/s1. The van der Waals surface area contributed by atoms with Crippen molar-refractivity contribution < 1.29 is 20.1 Å². The first-order chi connectivity index (χ1) is 11.6. The van der Waals surface area contributed by atoms with Gasteiger partial charge in [0.05, 0.1) is 0 Å². The molecule has 0 aliphatic carbocycles. The largest absolute Gasteiger partial charge is 0.481 e. The van der Waals surface area contributed by atoms with Gasteiger partial charge in [-0.1, -0.05) is 67.7 Å². The number of carbonyl (C=O) groups is 1. The van der Waals surface area contributed by atoms with Gasteiger partial charge in [-0.3, -0.25) is 4.79 Å². The van der Waals surface area contributed by atoms with Crippen molar-refractivity contribution in [3.05, 3.63) is 60.8 Å². The second kappa shape index (κ2) is 16.0. The van der Waals surface area contributed by atoms with Crippen LogP contribution in [0.15, 0.2) is 60.8 Å². The molecule has 134 valence electrons. The molecule has 0 fully saturated rings. The lowest BCUT2D eigenvalue weighted by Gasteiger charge is -2.09. The van der Waals surface area contributed by atoms with Gasteiger partial charge >= 0.3 is 5.97 Å². The van der Waals surface area contributed by atoms with Crippen molar-refractivity contribution in [2.24, 2.45) is 0 Å². The molecule has 0 rings (SSSR count). The van der Waals surface area contributed by atoms with E-state index in [-0.39, 0.29) is 6.42 Å². The Balaban J connectivity index is 3.88. The lowest BCUT2D eigenvalue weighted by molar-refractivity contribution is -0.137. The second-order valence-corrected chi connectivity index (χ2v) is 5.33. The van der Waals surface area contributed by atoms with E-state index in [9.17, 15) is 15.0 Å². The van der Waals surface area contributed by atoms with E-state index in [4.69, 9.17) is 5.11 Å². The molecule has 0 radical (unpaired) electrons. The molecule has 3 N–H and O–H groups in total. The van der Waals surface area contributed by atoms with Crippen LogP contribution in [0, 0.1) is 0 Å². The van der Waals surface area contributed by atoms with E-state index in [1.165, 1.54) is 0 Å². The molecule has 0 heterocycles. The maximum atomic E-state index is 10.3. The van der Waals surface area contributed by atoms with Gasteiger partial charge in [-0.25, -0.2) is 0 Å². The van der Waals surface area contributed by atoms with Crippen LogP contribution in [0.1, 0.15) is 45.4 Å². The highest BCUT2D eigenvalue weighted by Crippen LogP contribution is 2.01. The number of aliphatic carboxylic acids is 1. The fourth-order valence-corrected chi connectivity index (χ4v) is 1.79. The third-order valence-electron chi connectivity index (χ3n) is 3.11. The summed E-state index contributed by atoms with van der Waals surface area (Å²) in [6.07, 6.45) is 20.7. The zero-order valence-corrected chi connectivity index (χ0v) is 14.4. The molecule has 0 aliphatic rings. The molecule has 4 nitrogen and oxygen atoms in total. The lowest BCUT2D eigenvalue weighted by atomic mass is 10.1. The summed E-state index contributed by atoms with van der Waals surface area (Å²) >= 11 is 0. The molecule has 0 aliphatic heterocycles. The van der Waals surface area contributed by atoms with Crippen molar-refractivity contribution in [3.8, 4) is 0 Å². The first-order valence-electron chi connectivity index (χ1n) is 8.45. The van der Waals surface area contributed by atoms with Crippen LogP contribution in [-0.2, 0) is 4.79 Å². The number of aliphatic hydroxyl groups is 2. The number of unbranched alkanes of at least 4 members (excludes halogenated alkanes) is 1. The van der Waals surface area contributed by atoms with Gasteiger partial charge in [-0.2, -0.15) is 0 Å². The van der Waals surface area contributed by atoms with E-state index >= 15 is 0 Å². The molecular formula is C20H30O4. The predicted octanol–water partition coefficient (Wildman–Crippen LogP) is 3.93. The Kier molecular flexibility index (Phi) is 14.7. The topological polar surface area (TPSA) is 77.8 Å². The third kappa shape index (κ3) is 15.0. The number of carboxylic acid groups (broad SMARTS) is 1. The summed E-state index contributed by atoms with van der Waals surface area (Å²) in [6, 6.07) is 0. The maximum Gasteiger partial charge on any atom is 0.303 e. The molecule has 0 amide bonds. The fourth-order valence-electron chi connectivity index (χ4n) is 1.79. The van der Waals surface area contributed by atoms with Crippen LogP contribution in [0.4, 0.5) is 0 Å². The highest BCUT2D eigenvalue weighted by atomic mass is 16.4.